The lowest BCUT2D eigenvalue weighted by molar-refractivity contribution is -0.0448. The van der Waals surface area contributed by atoms with Crippen LogP contribution >= 0.6 is 0 Å². The monoisotopic (exact) mass is 455 g/mol. The van der Waals surface area contributed by atoms with Gasteiger partial charge in [-0.2, -0.15) is 13.2 Å². The molecule has 2 aliphatic rings. The second kappa shape index (κ2) is 8.38. The summed E-state index contributed by atoms with van der Waals surface area (Å²) < 4.78 is 62.2. The lowest BCUT2D eigenvalue weighted by Crippen LogP contribution is -2.46. The van der Waals surface area contributed by atoms with Crippen LogP contribution in [-0.2, 0) is 10.0 Å². The average molecular weight is 456 g/mol. The van der Waals surface area contributed by atoms with Crippen molar-refractivity contribution in [3.8, 4) is 0 Å². The zero-order valence-corrected chi connectivity index (χ0v) is 17.7. The number of likely N-dealkylation sites (tertiary alicyclic amines) is 1. The maximum atomic E-state index is 13.3. The van der Waals surface area contributed by atoms with Gasteiger partial charge in [-0.25, -0.2) is 13.1 Å². The van der Waals surface area contributed by atoms with Crippen LogP contribution in [0.3, 0.4) is 0 Å². The Morgan fingerprint density at radius 2 is 1.87 bits per heavy atom. The van der Waals surface area contributed by atoms with Gasteiger partial charge in [0, 0.05) is 30.7 Å². The molecule has 4 rings (SSSR count). The Hall–Kier alpha value is -2.20. The van der Waals surface area contributed by atoms with Crippen LogP contribution in [0.2, 0.25) is 0 Å². The minimum absolute atomic E-state index is 0.315. The van der Waals surface area contributed by atoms with Crippen LogP contribution in [0.15, 0.2) is 30.5 Å². The summed E-state index contributed by atoms with van der Waals surface area (Å²) in [4.78, 5) is 19.1. The molecule has 1 saturated carbocycles. The van der Waals surface area contributed by atoms with Crippen molar-refractivity contribution >= 4 is 26.8 Å². The highest BCUT2D eigenvalue weighted by Crippen LogP contribution is 2.36. The lowest BCUT2D eigenvalue weighted by atomic mass is 9.95. The van der Waals surface area contributed by atoms with Crippen molar-refractivity contribution in [1.82, 2.24) is 14.6 Å². The first-order chi connectivity index (χ1) is 14.7. The second-order valence-electron chi connectivity index (χ2n) is 8.21. The zero-order valence-electron chi connectivity index (χ0n) is 16.9. The summed E-state index contributed by atoms with van der Waals surface area (Å²) in [5, 5.41) is 0.721. The van der Waals surface area contributed by atoms with Gasteiger partial charge in [0.1, 0.15) is 0 Å². The van der Waals surface area contributed by atoms with Crippen molar-refractivity contribution in [2.75, 3.05) is 13.1 Å². The fourth-order valence-electron chi connectivity index (χ4n) is 4.62. The summed E-state index contributed by atoms with van der Waals surface area (Å²) in [5.74, 6) is 0.147. The minimum Gasteiger partial charge on any atom is -0.334 e. The third-order valence-corrected chi connectivity index (χ3v) is 7.43. The van der Waals surface area contributed by atoms with E-state index < -0.39 is 28.1 Å². The predicted molar refractivity (Wildman–Crippen MR) is 110 cm³/mol. The number of rotatable bonds is 5. The van der Waals surface area contributed by atoms with Gasteiger partial charge in [-0.05, 0) is 55.4 Å². The number of hydrogen-bond acceptors (Lipinski definition) is 4. The molecule has 1 saturated heterocycles. The quantitative estimate of drug-likeness (QED) is 0.741. The molecule has 1 N–H and O–H groups in total. The van der Waals surface area contributed by atoms with Crippen LogP contribution in [0, 0.1) is 0 Å². The van der Waals surface area contributed by atoms with Crippen LogP contribution in [-0.4, -0.2) is 48.8 Å². The Bertz CT molecular complexity index is 1080. The minimum atomic E-state index is -5.45. The number of carbonyl (C=O) groups is 1. The fourth-order valence-corrected chi connectivity index (χ4v) is 5.20. The molecule has 1 aromatic carbocycles. The molecule has 0 radical (unpaired) electrons. The van der Waals surface area contributed by atoms with E-state index in [9.17, 15) is 26.4 Å². The number of carbonyl (C=O) groups excluding carboxylic acids is 1. The van der Waals surface area contributed by atoms with E-state index in [1.807, 2.05) is 18.2 Å². The lowest BCUT2D eigenvalue weighted by Gasteiger charge is -2.26. The molecule has 0 spiro atoms. The van der Waals surface area contributed by atoms with E-state index in [0.29, 0.717) is 36.4 Å². The van der Waals surface area contributed by atoms with Gasteiger partial charge in [0.2, 0.25) is 0 Å². The van der Waals surface area contributed by atoms with Gasteiger partial charge in [0.05, 0.1) is 11.1 Å². The van der Waals surface area contributed by atoms with Gasteiger partial charge >= 0.3 is 15.5 Å². The molecule has 0 bridgehead atoms. The highest BCUT2D eigenvalue weighted by Gasteiger charge is 2.46. The molecule has 2 heterocycles. The van der Waals surface area contributed by atoms with Gasteiger partial charge in [0.15, 0.2) is 0 Å². The van der Waals surface area contributed by atoms with E-state index in [1.165, 1.54) is 23.3 Å². The zero-order chi connectivity index (χ0) is 22.2. The molecule has 6 nitrogen and oxygen atoms in total. The van der Waals surface area contributed by atoms with E-state index in [1.54, 1.807) is 17.0 Å². The van der Waals surface area contributed by atoms with Crippen LogP contribution in [0.25, 0.3) is 10.9 Å². The number of sulfonamides is 1. The molecule has 1 amide bonds. The molecule has 1 atom stereocenters. The summed E-state index contributed by atoms with van der Waals surface area (Å²) in [6.07, 6.45) is 7.17. The van der Waals surface area contributed by atoms with E-state index in [2.05, 4.69) is 4.98 Å². The Morgan fingerprint density at radius 1 is 1.13 bits per heavy atom. The summed E-state index contributed by atoms with van der Waals surface area (Å²) in [7, 11) is -5.45. The number of fused-ring (bicyclic) bond motifs is 1. The smallest absolute Gasteiger partial charge is 0.334 e. The van der Waals surface area contributed by atoms with Crippen LogP contribution in [0.1, 0.15) is 60.4 Å². The molecular weight excluding hydrogens is 431 g/mol. The summed E-state index contributed by atoms with van der Waals surface area (Å²) in [6, 6.07) is 6.94. The molecule has 10 heteroatoms. The van der Waals surface area contributed by atoms with Crippen molar-refractivity contribution in [2.24, 2.45) is 0 Å². The molecule has 1 aromatic heterocycles. The Morgan fingerprint density at radius 3 is 2.58 bits per heavy atom. The van der Waals surface area contributed by atoms with Crippen molar-refractivity contribution in [3.63, 3.8) is 0 Å². The molecule has 2 aromatic rings. The number of halogens is 3. The van der Waals surface area contributed by atoms with Crippen molar-refractivity contribution in [1.29, 1.82) is 0 Å². The van der Waals surface area contributed by atoms with Gasteiger partial charge < -0.3 is 4.90 Å². The topological polar surface area (TPSA) is 79.4 Å². The number of alkyl halides is 3. The molecule has 1 unspecified atom stereocenters. The van der Waals surface area contributed by atoms with Crippen LogP contribution < -0.4 is 4.72 Å². The first-order valence-corrected chi connectivity index (χ1v) is 11.9. The third-order valence-electron chi connectivity index (χ3n) is 6.27. The van der Waals surface area contributed by atoms with Gasteiger partial charge in [0.25, 0.3) is 5.91 Å². The molecular formula is C21H24F3N3O3S. The highest BCUT2D eigenvalue weighted by atomic mass is 32.2. The van der Waals surface area contributed by atoms with Gasteiger partial charge in [-0.1, -0.05) is 18.9 Å². The molecule has 31 heavy (non-hydrogen) atoms. The molecule has 1 aliphatic heterocycles. The second-order valence-corrected chi connectivity index (χ2v) is 9.97. The van der Waals surface area contributed by atoms with E-state index in [-0.39, 0.29) is 5.91 Å². The normalized spacial score (nSPS) is 20.6. The third kappa shape index (κ3) is 4.41. The van der Waals surface area contributed by atoms with Crippen LogP contribution in [0.5, 0.6) is 0 Å². The summed E-state index contributed by atoms with van der Waals surface area (Å²) in [6.45, 7) is -0.104. The number of pyridine rings is 1. The molecule has 2 fully saturated rings. The van der Waals surface area contributed by atoms with E-state index >= 15 is 0 Å². The number of nitrogens with zero attached hydrogens (tertiary/aromatic N) is 2. The van der Waals surface area contributed by atoms with E-state index in [4.69, 9.17) is 0 Å². The van der Waals surface area contributed by atoms with Gasteiger partial charge in [-0.15, -0.1) is 0 Å². The van der Waals surface area contributed by atoms with Crippen molar-refractivity contribution < 1.29 is 26.4 Å². The van der Waals surface area contributed by atoms with E-state index in [0.717, 1.165) is 18.2 Å². The van der Waals surface area contributed by atoms with Gasteiger partial charge in [-0.3, -0.25) is 9.78 Å². The Kier molecular flexibility index (Phi) is 5.95. The Labute approximate surface area is 178 Å². The Balaban J connectivity index is 1.58. The fraction of sp³-hybridized carbons (Fsp3) is 0.524. The number of hydrogen-bond donors (Lipinski definition) is 1. The summed E-state index contributed by atoms with van der Waals surface area (Å²) >= 11 is 0. The molecule has 1 aliphatic carbocycles. The SMILES string of the molecule is O=C(c1ccnc2ccc(C3CCCC3)cc12)N1CCCC1CNS(=O)(=O)C(F)(F)F. The number of amides is 1. The first kappa shape index (κ1) is 22.0. The standard InChI is InChI=1S/C21H24F3N3O3S/c22-21(23,24)31(29,30)26-13-16-6-3-11-27(16)20(28)17-9-10-25-19-8-7-15(12-18(17)19)14-4-1-2-5-14/h7-10,12,14,16,26H,1-6,11,13H2. The average Bonchev–Trinajstić information content (AvgIpc) is 3.42. The summed E-state index contributed by atoms with van der Waals surface area (Å²) in [5.41, 5.74) is -3.09. The largest absolute Gasteiger partial charge is 0.511 e. The first-order valence-electron chi connectivity index (χ1n) is 10.4. The maximum Gasteiger partial charge on any atom is 0.511 e. The number of aromatic nitrogens is 1. The predicted octanol–water partition coefficient (Wildman–Crippen LogP) is 3.94. The van der Waals surface area contributed by atoms with Crippen molar-refractivity contribution in [2.45, 2.75) is 56.0 Å². The number of nitrogens with one attached hydrogen (secondary N) is 1. The van der Waals surface area contributed by atoms with Crippen molar-refractivity contribution in [3.05, 3.63) is 41.6 Å². The van der Waals surface area contributed by atoms with Crippen LogP contribution in [0.4, 0.5) is 13.2 Å². The maximum absolute atomic E-state index is 13.3. The highest BCUT2D eigenvalue weighted by molar-refractivity contribution is 7.90. The molecule has 168 valence electrons. The number of benzene rings is 1.